The molecule has 0 bridgehead atoms. The second kappa shape index (κ2) is 3.96. The van der Waals surface area contributed by atoms with Crippen molar-refractivity contribution in [1.29, 1.82) is 0 Å². The first-order valence-electron chi connectivity index (χ1n) is 4.50. The van der Waals surface area contributed by atoms with Gasteiger partial charge in [0.2, 0.25) is 0 Å². The van der Waals surface area contributed by atoms with Crippen molar-refractivity contribution in [2.24, 2.45) is 0 Å². The molecule has 1 aromatic carbocycles. The molecular weight excluding hydrogens is 192 g/mol. The van der Waals surface area contributed by atoms with Gasteiger partial charge >= 0.3 is 5.97 Å². The monoisotopic (exact) mass is 202 g/mol. The van der Waals surface area contributed by atoms with E-state index in [9.17, 15) is 4.79 Å². The summed E-state index contributed by atoms with van der Waals surface area (Å²) in [5, 5.41) is 6.74. The topological polar surface area (TPSA) is 55.0 Å². The highest BCUT2D eigenvalue weighted by atomic mass is 16.5. The minimum atomic E-state index is -0.353. The molecule has 0 aliphatic rings. The van der Waals surface area contributed by atoms with Crippen molar-refractivity contribution < 1.29 is 9.53 Å². The van der Waals surface area contributed by atoms with Gasteiger partial charge in [-0.15, -0.1) is 0 Å². The van der Waals surface area contributed by atoms with E-state index < -0.39 is 0 Å². The van der Waals surface area contributed by atoms with Gasteiger partial charge < -0.3 is 4.74 Å². The van der Waals surface area contributed by atoms with E-state index in [0.29, 0.717) is 5.56 Å². The molecule has 1 N–H and O–H groups in total. The fourth-order valence-corrected chi connectivity index (χ4v) is 1.40. The van der Waals surface area contributed by atoms with Crippen LogP contribution in [0.3, 0.4) is 0 Å². The van der Waals surface area contributed by atoms with E-state index in [1.807, 2.05) is 18.2 Å². The molecule has 76 valence electrons. The van der Waals surface area contributed by atoms with E-state index in [0.717, 1.165) is 11.3 Å². The number of esters is 1. The first kappa shape index (κ1) is 9.45. The lowest BCUT2D eigenvalue weighted by atomic mass is 10.1. The van der Waals surface area contributed by atoms with E-state index in [-0.39, 0.29) is 5.97 Å². The molecule has 0 atom stereocenters. The molecular formula is C11H10N2O2. The standard InChI is InChI=1S/C11H10N2O2/c1-15-11(14)9-5-3-2-4-8(9)10-6-7-12-13-10/h2-7H,1H3,(H,12,13). The quantitative estimate of drug-likeness (QED) is 0.756. The van der Waals surface area contributed by atoms with Crippen molar-refractivity contribution in [3.8, 4) is 11.3 Å². The van der Waals surface area contributed by atoms with Gasteiger partial charge in [-0.05, 0) is 12.1 Å². The Balaban J connectivity index is 2.52. The number of benzene rings is 1. The Hall–Kier alpha value is -2.10. The molecule has 0 saturated carbocycles. The summed E-state index contributed by atoms with van der Waals surface area (Å²) in [6.45, 7) is 0. The summed E-state index contributed by atoms with van der Waals surface area (Å²) in [4.78, 5) is 11.5. The second-order valence-electron chi connectivity index (χ2n) is 3.00. The number of carbonyl (C=O) groups excluding carboxylic acids is 1. The normalized spacial score (nSPS) is 9.93. The highest BCUT2D eigenvalue weighted by Gasteiger charge is 2.13. The number of H-pyrrole nitrogens is 1. The highest BCUT2D eigenvalue weighted by molar-refractivity contribution is 5.96. The molecule has 0 spiro atoms. The number of hydrogen-bond acceptors (Lipinski definition) is 3. The predicted octanol–water partition coefficient (Wildman–Crippen LogP) is 1.86. The summed E-state index contributed by atoms with van der Waals surface area (Å²) in [5.74, 6) is -0.353. The number of ether oxygens (including phenoxy) is 1. The third-order valence-corrected chi connectivity index (χ3v) is 2.11. The maximum absolute atomic E-state index is 11.5. The number of nitrogens with zero attached hydrogens (tertiary/aromatic N) is 1. The zero-order valence-electron chi connectivity index (χ0n) is 8.23. The predicted molar refractivity (Wildman–Crippen MR) is 55.4 cm³/mol. The Bertz CT molecular complexity index is 463. The fraction of sp³-hybridized carbons (Fsp3) is 0.0909. The molecule has 1 heterocycles. The summed E-state index contributed by atoms with van der Waals surface area (Å²) in [6, 6.07) is 9.01. The van der Waals surface area contributed by atoms with Crippen molar-refractivity contribution in [2.75, 3.05) is 7.11 Å². The Kier molecular flexibility index (Phi) is 2.49. The minimum Gasteiger partial charge on any atom is -0.465 e. The molecule has 1 aromatic heterocycles. The van der Waals surface area contributed by atoms with Crippen LogP contribution >= 0.6 is 0 Å². The number of nitrogens with one attached hydrogen (secondary N) is 1. The zero-order valence-corrected chi connectivity index (χ0v) is 8.23. The van der Waals surface area contributed by atoms with Crippen LogP contribution in [0.4, 0.5) is 0 Å². The molecule has 0 radical (unpaired) electrons. The fourth-order valence-electron chi connectivity index (χ4n) is 1.40. The Morgan fingerprint density at radius 2 is 2.13 bits per heavy atom. The largest absolute Gasteiger partial charge is 0.465 e. The summed E-state index contributed by atoms with van der Waals surface area (Å²) < 4.78 is 4.70. The summed E-state index contributed by atoms with van der Waals surface area (Å²) in [5.41, 5.74) is 2.02. The van der Waals surface area contributed by atoms with Gasteiger partial charge in [0.05, 0.1) is 18.4 Å². The Morgan fingerprint density at radius 3 is 2.80 bits per heavy atom. The molecule has 15 heavy (non-hydrogen) atoms. The van der Waals surface area contributed by atoms with Gasteiger partial charge in [0.15, 0.2) is 0 Å². The molecule has 0 aliphatic carbocycles. The van der Waals surface area contributed by atoms with E-state index in [1.54, 1.807) is 18.3 Å². The van der Waals surface area contributed by atoms with Crippen molar-refractivity contribution >= 4 is 5.97 Å². The third kappa shape index (κ3) is 1.74. The van der Waals surface area contributed by atoms with Gasteiger partial charge in [-0.3, -0.25) is 5.10 Å². The second-order valence-corrected chi connectivity index (χ2v) is 3.00. The van der Waals surface area contributed by atoms with Crippen LogP contribution in [0.5, 0.6) is 0 Å². The number of aromatic amines is 1. The van der Waals surface area contributed by atoms with Gasteiger partial charge in [-0.25, -0.2) is 4.79 Å². The average Bonchev–Trinajstić information content (AvgIpc) is 2.81. The summed E-state index contributed by atoms with van der Waals surface area (Å²) in [7, 11) is 1.36. The lowest BCUT2D eigenvalue weighted by Crippen LogP contribution is -2.03. The van der Waals surface area contributed by atoms with Crippen LogP contribution in [0.2, 0.25) is 0 Å². The summed E-state index contributed by atoms with van der Waals surface area (Å²) in [6.07, 6.45) is 1.71. The van der Waals surface area contributed by atoms with Crippen LogP contribution in [0.25, 0.3) is 11.3 Å². The zero-order chi connectivity index (χ0) is 10.7. The van der Waals surface area contributed by atoms with E-state index in [2.05, 4.69) is 10.2 Å². The van der Waals surface area contributed by atoms with Crippen LogP contribution in [0.1, 0.15) is 10.4 Å². The number of methoxy groups -OCH3 is 1. The number of hydrogen-bond donors (Lipinski definition) is 1. The molecule has 0 fully saturated rings. The van der Waals surface area contributed by atoms with Gasteiger partial charge in [0.1, 0.15) is 0 Å². The van der Waals surface area contributed by atoms with Crippen molar-refractivity contribution in [3.63, 3.8) is 0 Å². The Labute approximate surface area is 86.9 Å². The SMILES string of the molecule is COC(=O)c1ccccc1-c1cc[nH]n1. The molecule has 4 nitrogen and oxygen atoms in total. The lowest BCUT2D eigenvalue weighted by Gasteiger charge is -2.04. The third-order valence-electron chi connectivity index (χ3n) is 2.11. The smallest absolute Gasteiger partial charge is 0.338 e. The molecule has 0 unspecified atom stereocenters. The molecule has 2 rings (SSSR count). The van der Waals surface area contributed by atoms with Crippen molar-refractivity contribution in [2.45, 2.75) is 0 Å². The Morgan fingerprint density at radius 1 is 1.33 bits per heavy atom. The van der Waals surface area contributed by atoms with E-state index >= 15 is 0 Å². The molecule has 0 amide bonds. The van der Waals surface area contributed by atoms with Crippen molar-refractivity contribution in [1.82, 2.24) is 10.2 Å². The maximum atomic E-state index is 11.5. The van der Waals surface area contributed by atoms with Crippen LogP contribution < -0.4 is 0 Å². The van der Waals surface area contributed by atoms with E-state index in [4.69, 9.17) is 4.74 Å². The van der Waals surface area contributed by atoms with Crippen molar-refractivity contribution in [3.05, 3.63) is 42.1 Å². The number of rotatable bonds is 2. The molecule has 2 aromatic rings. The summed E-state index contributed by atoms with van der Waals surface area (Å²) >= 11 is 0. The first-order chi connectivity index (χ1) is 7.33. The lowest BCUT2D eigenvalue weighted by molar-refractivity contribution is 0.0601. The average molecular weight is 202 g/mol. The molecule has 0 aliphatic heterocycles. The van der Waals surface area contributed by atoms with Gasteiger partial charge in [-0.1, -0.05) is 18.2 Å². The minimum absolute atomic E-state index is 0.353. The van der Waals surface area contributed by atoms with Crippen LogP contribution in [0, 0.1) is 0 Å². The van der Waals surface area contributed by atoms with Crippen LogP contribution in [-0.4, -0.2) is 23.3 Å². The van der Waals surface area contributed by atoms with Gasteiger partial charge in [-0.2, -0.15) is 5.10 Å². The van der Waals surface area contributed by atoms with E-state index in [1.165, 1.54) is 7.11 Å². The molecule has 4 heteroatoms. The number of carbonyl (C=O) groups is 1. The van der Waals surface area contributed by atoms with Crippen LogP contribution in [0.15, 0.2) is 36.5 Å². The first-order valence-corrected chi connectivity index (χ1v) is 4.50. The highest BCUT2D eigenvalue weighted by Crippen LogP contribution is 2.21. The maximum Gasteiger partial charge on any atom is 0.338 e. The molecule has 0 saturated heterocycles. The van der Waals surface area contributed by atoms with Gasteiger partial charge in [0, 0.05) is 11.8 Å². The number of aromatic nitrogens is 2. The van der Waals surface area contributed by atoms with Crippen LogP contribution in [-0.2, 0) is 4.74 Å². The van der Waals surface area contributed by atoms with Gasteiger partial charge in [0.25, 0.3) is 0 Å².